The summed E-state index contributed by atoms with van der Waals surface area (Å²) in [4.78, 5) is 11.9. The van der Waals surface area contributed by atoms with Crippen LogP contribution in [0.2, 0.25) is 0 Å². The summed E-state index contributed by atoms with van der Waals surface area (Å²) in [6, 6.07) is 1.68. The van der Waals surface area contributed by atoms with Gasteiger partial charge in [-0.3, -0.25) is 0 Å². The summed E-state index contributed by atoms with van der Waals surface area (Å²) in [5, 5.41) is 20.7. The van der Waals surface area contributed by atoms with Crippen LogP contribution in [0.4, 0.5) is 0 Å². The van der Waals surface area contributed by atoms with Crippen LogP contribution >= 0.6 is 0 Å². The second-order valence-corrected chi connectivity index (χ2v) is 8.79. The second kappa shape index (κ2) is 7.58. The zero-order valence-corrected chi connectivity index (χ0v) is 16.4. The average molecular weight is 335 g/mol. The lowest BCUT2D eigenvalue weighted by atomic mass is 9.74. The number of phenols is 1. The fourth-order valence-corrected chi connectivity index (χ4v) is 3.27. The Kier molecular flexibility index (Phi) is 6.49. The third-order valence-corrected chi connectivity index (χ3v) is 4.48. The third kappa shape index (κ3) is 4.75. The van der Waals surface area contributed by atoms with Crippen LogP contribution in [0.15, 0.2) is 6.07 Å². The van der Waals surface area contributed by atoms with E-state index >= 15 is 0 Å². The molecule has 0 bridgehead atoms. The molecule has 1 aromatic carbocycles. The molecule has 136 valence electrons. The molecule has 3 nitrogen and oxygen atoms in total. The first-order valence-corrected chi connectivity index (χ1v) is 9.04. The fourth-order valence-electron chi connectivity index (χ4n) is 3.27. The number of rotatable bonds is 6. The molecular formula is C21H34O3. The monoisotopic (exact) mass is 334 g/mol. The van der Waals surface area contributed by atoms with E-state index in [1.54, 1.807) is 6.07 Å². The predicted molar refractivity (Wildman–Crippen MR) is 100 cm³/mol. The van der Waals surface area contributed by atoms with Crippen LogP contribution in [-0.4, -0.2) is 16.2 Å². The average Bonchev–Trinajstić information content (AvgIpc) is 2.40. The van der Waals surface area contributed by atoms with Crippen molar-refractivity contribution in [2.24, 2.45) is 0 Å². The predicted octanol–water partition coefficient (Wildman–Crippen LogP) is 5.81. The number of unbranched alkanes of at least 4 members (excludes halogenated alkanes) is 3. The van der Waals surface area contributed by atoms with E-state index in [9.17, 15) is 15.0 Å². The van der Waals surface area contributed by atoms with E-state index in [1.165, 1.54) is 0 Å². The van der Waals surface area contributed by atoms with Gasteiger partial charge in [-0.05, 0) is 35.3 Å². The molecule has 2 N–H and O–H groups in total. The first-order chi connectivity index (χ1) is 10.9. The molecule has 0 aliphatic carbocycles. The standard InChI is InChI=1S/C21H34O3/c1-8-9-10-11-12-14-15(19(23)24)13-16(20(2,3)4)18(22)17(14)21(5,6)7/h13,22H,8-12H2,1-7H3,(H,23,24). The maximum atomic E-state index is 11.9. The molecule has 0 amide bonds. The maximum Gasteiger partial charge on any atom is 0.335 e. The van der Waals surface area contributed by atoms with Crippen molar-refractivity contribution in [3.63, 3.8) is 0 Å². The highest BCUT2D eigenvalue weighted by atomic mass is 16.4. The Morgan fingerprint density at radius 3 is 2.00 bits per heavy atom. The van der Waals surface area contributed by atoms with Crippen molar-refractivity contribution in [2.75, 3.05) is 0 Å². The first kappa shape index (κ1) is 20.5. The van der Waals surface area contributed by atoms with Gasteiger partial charge in [-0.15, -0.1) is 0 Å². The Labute approximate surface area is 147 Å². The van der Waals surface area contributed by atoms with Crippen molar-refractivity contribution in [1.29, 1.82) is 0 Å². The molecule has 0 aromatic heterocycles. The summed E-state index contributed by atoms with van der Waals surface area (Å²) in [6.45, 7) is 14.3. The largest absolute Gasteiger partial charge is 0.507 e. The van der Waals surface area contributed by atoms with Gasteiger partial charge in [0.1, 0.15) is 5.75 Å². The number of phenolic OH excluding ortho intramolecular Hbond substituents is 1. The molecule has 1 rings (SSSR count). The third-order valence-electron chi connectivity index (χ3n) is 4.48. The molecule has 0 unspecified atom stereocenters. The van der Waals surface area contributed by atoms with Crippen LogP contribution in [0.3, 0.4) is 0 Å². The van der Waals surface area contributed by atoms with E-state index in [1.807, 2.05) is 41.5 Å². The van der Waals surface area contributed by atoms with Crippen LogP contribution in [0.1, 0.15) is 101 Å². The maximum absolute atomic E-state index is 11.9. The molecule has 3 heteroatoms. The van der Waals surface area contributed by atoms with E-state index in [2.05, 4.69) is 6.92 Å². The zero-order valence-electron chi connectivity index (χ0n) is 16.4. The lowest BCUT2D eigenvalue weighted by Gasteiger charge is -2.30. The van der Waals surface area contributed by atoms with Gasteiger partial charge < -0.3 is 10.2 Å². The number of benzene rings is 1. The van der Waals surface area contributed by atoms with Gasteiger partial charge in [-0.1, -0.05) is 67.7 Å². The number of carboxylic acids is 1. The highest BCUT2D eigenvalue weighted by Crippen LogP contribution is 2.43. The molecule has 0 aliphatic heterocycles. The van der Waals surface area contributed by atoms with Crippen LogP contribution in [0.5, 0.6) is 5.75 Å². The number of aromatic hydroxyl groups is 1. The van der Waals surface area contributed by atoms with E-state index in [-0.39, 0.29) is 16.6 Å². The van der Waals surface area contributed by atoms with Crippen molar-refractivity contribution in [1.82, 2.24) is 0 Å². The van der Waals surface area contributed by atoms with Crippen molar-refractivity contribution in [2.45, 2.75) is 91.4 Å². The normalized spacial score (nSPS) is 12.5. The van der Waals surface area contributed by atoms with Gasteiger partial charge in [0.2, 0.25) is 0 Å². The Balaban J connectivity index is 3.58. The van der Waals surface area contributed by atoms with Gasteiger partial charge >= 0.3 is 5.97 Å². The van der Waals surface area contributed by atoms with Crippen LogP contribution in [0.25, 0.3) is 0 Å². The smallest absolute Gasteiger partial charge is 0.335 e. The van der Waals surface area contributed by atoms with Gasteiger partial charge in [0.25, 0.3) is 0 Å². The quantitative estimate of drug-likeness (QED) is 0.646. The summed E-state index contributed by atoms with van der Waals surface area (Å²) < 4.78 is 0. The minimum atomic E-state index is -0.906. The van der Waals surface area contributed by atoms with Gasteiger partial charge in [-0.25, -0.2) is 4.79 Å². The molecule has 0 fully saturated rings. The molecule has 0 spiro atoms. The molecule has 0 atom stereocenters. The highest BCUT2D eigenvalue weighted by molar-refractivity contribution is 5.91. The minimum Gasteiger partial charge on any atom is -0.507 e. The number of hydrogen-bond acceptors (Lipinski definition) is 2. The summed E-state index contributed by atoms with van der Waals surface area (Å²) in [5.41, 5.74) is 2.03. The van der Waals surface area contributed by atoms with Crippen molar-refractivity contribution < 1.29 is 15.0 Å². The van der Waals surface area contributed by atoms with E-state index in [0.717, 1.165) is 36.8 Å². The lowest BCUT2D eigenvalue weighted by molar-refractivity contribution is 0.0695. The van der Waals surface area contributed by atoms with Gasteiger partial charge in [-0.2, -0.15) is 0 Å². The molecular weight excluding hydrogens is 300 g/mol. The molecule has 0 aliphatic rings. The Hall–Kier alpha value is -1.51. The van der Waals surface area contributed by atoms with Crippen molar-refractivity contribution >= 4 is 5.97 Å². The number of aromatic carboxylic acids is 1. The lowest BCUT2D eigenvalue weighted by Crippen LogP contribution is -2.22. The molecule has 0 heterocycles. The van der Waals surface area contributed by atoms with Gasteiger partial charge in [0.15, 0.2) is 0 Å². The molecule has 0 saturated heterocycles. The van der Waals surface area contributed by atoms with Gasteiger partial charge in [0.05, 0.1) is 5.56 Å². The van der Waals surface area contributed by atoms with E-state index in [4.69, 9.17) is 0 Å². The Morgan fingerprint density at radius 1 is 1.00 bits per heavy atom. The van der Waals surface area contributed by atoms with Crippen LogP contribution in [-0.2, 0) is 17.3 Å². The SMILES string of the molecule is CCCCCCc1c(C(=O)O)cc(C(C)(C)C)c(O)c1C(C)(C)C. The molecule has 0 saturated carbocycles. The van der Waals surface area contributed by atoms with Crippen molar-refractivity contribution in [3.05, 3.63) is 28.3 Å². The highest BCUT2D eigenvalue weighted by Gasteiger charge is 2.31. The van der Waals surface area contributed by atoms with E-state index < -0.39 is 5.97 Å². The summed E-state index contributed by atoms with van der Waals surface area (Å²) >= 11 is 0. The van der Waals surface area contributed by atoms with Crippen molar-refractivity contribution in [3.8, 4) is 5.75 Å². The van der Waals surface area contributed by atoms with Crippen LogP contribution < -0.4 is 0 Å². The zero-order chi connectivity index (χ0) is 18.7. The van der Waals surface area contributed by atoms with Crippen LogP contribution in [0, 0.1) is 0 Å². The molecule has 0 radical (unpaired) electrons. The number of hydrogen-bond donors (Lipinski definition) is 2. The van der Waals surface area contributed by atoms with E-state index in [0.29, 0.717) is 17.5 Å². The minimum absolute atomic E-state index is 0.269. The second-order valence-electron chi connectivity index (χ2n) is 8.79. The fraction of sp³-hybridized carbons (Fsp3) is 0.667. The first-order valence-electron chi connectivity index (χ1n) is 9.04. The topological polar surface area (TPSA) is 57.5 Å². The molecule has 1 aromatic rings. The number of carboxylic acid groups (broad SMARTS) is 1. The summed E-state index contributed by atoms with van der Waals surface area (Å²) in [6.07, 6.45) is 5.03. The molecule has 24 heavy (non-hydrogen) atoms. The number of carbonyl (C=O) groups is 1. The van der Waals surface area contributed by atoms with Gasteiger partial charge in [0, 0.05) is 11.1 Å². The Bertz CT molecular complexity index is 587. The Morgan fingerprint density at radius 2 is 1.58 bits per heavy atom. The summed E-state index contributed by atoms with van der Waals surface area (Å²) in [7, 11) is 0. The summed E-state index contributed by atoms with van der Waals surface area (Å²) in [5.74, 6) is -0.637.